The average molecular weight is 347 g/mol. The van der Waals surface area contributed by atoms with Crippen molar-refractivity contribution >= 4 is 17.5 Å². The molecule has 0 aliphatic carbocycles. The summed E-state index contributed by atoms with van der Waals surface area (Å²) in [6.45, 7) is 0.202. The molecule has 0 spiro atoms. The van der Waals surface area contributed by atoms with Gasteiger partial charge in [-0.05, 0) is 36.4 Å². The van der Waals surface area contributed by atoms with E-state index in [4.69, 9.17) is 5.26 Å². The first-order valence-corrected chi connectivity index (χ1v) is 7.77. The molecular formula is C19H14FN5O. The lowest BCUT2D eigenvalue weighted by Crippen LogP contribution is -2.15. The monoisotopic (exact) mass is 347 g/mol. The standard InChI is InChI=1S/C19H14FN5O/c20-16-4-2-1-3-14(16)12-23-19-22-10-9-17(25-19)18(26)24-15-7-5-13(11-21)6-8-15/h1-10H,12H2,(H,24,26)(H,22,23,25). The van der Waals surface area contributed by atoms with Gasteiger partial charge in [0.2, 0.25) is 5.95 Å². The summed E-state index contributed by atoms with van der Waals surface area (Å²) in [4.78, 5) is 20.5. The van der Waals surface area contributed by atoms with Gasteiger partial charge in [-0.25, -0.2) is 14.4 Å². The van der Waals surface area contributed by atoms with Gasteiger partial charge >= 0.3 is 0 Å². The Hall–Kier alpha value is -3.79. The molecule has 0 aliphatic rings. The fourth-order valence-electron chi connectivity index (χ4n) is 2.21. The molecule has 0 saturated carbocycles. The summed E-state index contributed by atoms with van der Waals surface area (Å²) in [5.41, 5.74) is 1.70. The Labute approximate surface area is 149 Å². The molecule has 2 aromatic carbocycles. The molecule has 3 rings (SSSR count). The van der Waals surface area contributed by atoms with E-state index >= 15 is 0 Å². The predicted molar refractivity (Wildman–Crippen MR) is 94.9 cm³/mol. The first kappa shape index (κ1) is 17.0. The van der Waals surface area contributed by atoms with Gasteiger partial charge in [0, 0.05) is 24.0 Å². The third kappa shape index (κ3) is 4.19. The van der Waals surface area contributed by atoms with Crippen LogP contribution in [0.4, 0.5) is 16.0 Å². The van der Waals surface area contributed by atoms with Crippen LogP contribution in [0, 0.1) is 17.1 Å². The summed E-state index contributed by atoms with van der Waals surface area (Å²) in [6.07, 6.45) is 1.45. The lowest BCUT2D eigenvalue weighted by Gasteiger charge is -2.08. The largest absolute Gasteiger partial charge is 0.350 e. The fourth-order valence-corrected chi connectivity index (χ4v) is 2.21. The predicted octanol–water partition coefficient (Wildman–Crippen LogP) is 3.35. The highest BCUT2D eigenvalue weighted by Gasteiger charge is 2.10. The van der Waals surface area contributed by atoms with Crippen LogP contribution >= 0.6 is 0 Å². The van der Waals surface area contributed by atoms with Crippen molar-refractivity contribution in [3.8, 4) is 6.07 Å². The molecule has 1 heterocycles. The van der Waals surface area contributed by atoms with E-state index in [0.29, 0.717) is 16.8 Å². The summed E-state index contributed by atoms with van der Waals surface area (Å²) < 4.78 is 13.6. The number of nitrogens with one attached hydrogen (secondary N) is 2. The maximum absolute atomic E-state index is 13.6. The average Bonchev–Trinajstić information content (AvgIpc) is 2.68. The molecule has 0 aliphatic heterocycles. The van der Waals surface area contributed by atoms with Crippen LogP contribution in [0.2, 0.25) is 0 Å². The zero-order chi connectivity index (χ0) is 18.4. The van der Waals surface area contributed by atoms with Crippen LogP contribution in [-0.2, 0) is 6.54 Å². The number of nitrogens with zero attached hydrogens (tertiary/aromatic N) is 3. The number of halogens is 1. The van der Waals surface area contributed by atoms with Crippen molar-refractivity contribution in [3.63, 3.8) is 0 Å². The van der Waals surface area contributed by atoms with Crippen molar-refractivity contribution in [2.24, 2.45) is 0 Å². The molecule has 6 nitrogen and oxygen atoms in total. The number of anilines is 2. The van der Waals surface area contributed by atoms with Crippen molar-refractivity contribution in [1.82, 2.24) is 9.97 Å². The number of rotatable bonds is 5. The van der Waals surface area contributed by atoms with E-state index in [1.807, 2.05) is 6.07 Å². The highest BCUT2D eigenvalue weighted by Crippen LogP contribution is 2.12. The number of nitriles is 1. The van der Waals surface area contributed by atoms with Crippen LogP contribution in [-0.4, -0.2) is 15.9 Å². The maximum atomic E-state index is 13.6. The molecule has 0 saturated heterocycles. The number of carbonyl (C=O) groups excluding carboxylic acids is 1. The van der Waals surface area contributed by atoms with E-state index in [2.05, 4.69) is 20.6 Å². The Balaban J connectivity index is 1.67. The van der Waals surface area contributed by atoms with Crippen LogP contribution in [0.15, 0.2) is 60.8 Å². The number of amides is 1. The van der Waals surface area contributed by atoms with E-state index in [0.717, 1.165) is 0 Å². The molecule has 0 unspecified atom stereocenters. The maximum Gasteiger partial charge on any atom is 0.274 e. The molecule has 128 valence electrons. The fraction of sp³-hybridized carbons (Fsp3) is 0.0526. The van der Waals surface area contributed by atoms with Crippen LogP contribution in [0.25, 0.3) is 0 Å². The van der Waals surface area contributed by atoms with E-state index in [1.165, 1.54) is 18.3 Å². The topological polar surface area (TPSA) is 90.7 Å². The summed E-state index contributed by atoms with van der Waals surface area (Å²) in [5, 5.41) is 14.4. The molecule has 0 fully saturated rings. The third-order valence-electron chi connectivity index (χ3n) is 3.55. The molecular weight excluding hydrogens is 333 g/mol. The zero-order valence-corrected chi connectivity index (χ0v) is 13.6. The second kappa shape index (κ2) is 7.85. The summed E-state index contributed by atoms with van der Waals surface area (Å²) in [7, 11) is 0. The highest BCUT2D eigenvalue weighted by atomic mass is 19.1. The Morgan fingerprint density at radius 1 is 1.12 bits per heavy atom. The summed E-state index contributed by atoms with van der Waals surface area (Å²) in [5.74, 6) is -0.513. The van der Waals surface area contributed by atoms with E-state index in [-0.39, 0.29) is 24.0 Å². The zero-order valence-electron chi connectivity index (χ0n) is 13.6. The Morgan fingerprint density at radius 2 is 1.88 bits per heavy atom. The molecule has 0 radical (unpaired) electrons. The minimum Gasteiger partial charge on any atom is -0.350 e. The second-order valence-electron chi connectivity index (χ2n) is 5.35. The van der Waals surface area contributed by atoms with Gasteiger partial charge in [-0.15, -0.1) is 0 Å². The van der Waals surface area contributed by atoms with Crippen molar-refractivity contribution in [2.45, 2.75) is 6.54 Å². The van der Waals surface area contributed by atoms with Gasteiger partial charge in [-0.3, -0.25) is 4.79 Å². The molecule has 1 amide bonds. The van der Waals surface area contributed by atoms with Gasteiger partial charge in [0.25, 0.3) is 5.91 Å². The van der Waals surface area contributed by atoms with Crippen molar-refractivity contribution < 1.29 is 9.18 Å². The number of hydrogen-bond donors (Lipinski definition) is 2. The molecule has 26 heavy (non-hydrogen) atoms. The summed E-state index contributed by atoms with van der Waals surface area (Å²) >= 11 is 0. The lowest BCUT2D eigenvalue weighted by molar-refractivity contribution is 0.102. The Kier molecular flexibility index (Phi) is 5.15. The number of benzene rings is 2. The van der Waals surface area contributed by atoms with Gasteiger partial charge in [0.05, 0.1) is 11.6 Å². The van der Waals surface area contributed by atoms with Crippen molar-refractivity contribution in [1.29, 1.82) is 5.26 Å². The Bertz CT molecular complexity index is 966. The van der Waals surface area contributed by atoms with Gasteiger partial charge in [-0.1, -0.05) is 18.2 Å². The van der Waals surface area contributed by atoms with E-state index in [1.54, 1.807) is 42.5 Å². The highest BCUT2D eigenvalue weighted by molar-refractivity contribution is 6.02. The third-order valence-corrected chi connectivity index (χ3v) is 3.55. The minimum absolute atomic E-state index is 0.167. The molecule has 3 aromatic rings. The Morgan fingerprint density at radius 3 is 2.62 bits per heavy atom. The van der Waals surface area contributed by atoms with Crippen molar-refractivity contribution in [3.05, 3.63) is 83.4 Å². The van der Waals surface area contributed by atoms with Crippen LogP contribution in [0.5, 0.6) is 0 Å². The smallest absolute Gasteiger partial charge is 0.274 e. The minimum atomic E-state index is -0.411. The number of carbonyl (C=O) groups is 1. The molecule has 0 bridgehead atoms. The SMILES string of the molecule is N#Cc1ccc(NC(=O)c2ccnc(NCc3ccccc3F)n2)cc1. The van der Waals surface area contributed by atoms with E-state index < -0.39 is 5.91 Å². The van der Waals surface area contributed by atoms with E-state index in [9.17, 15) is 9.18 Å². The second-order valence-corrected chi connectivity index (χ2v) is 5.35. The molecule has 0 atom stereocenters. The normalized spacial score (nSPS) is 10.0. The van der Waals surface area contributed by atoms with Crippen molar-refractivity contribution in [2.75, 3.05) is 10.6 Å². The van der Waals surface area contributed by atoms with Gasteiger partial charge < -0.3 is 10.6 Å². The number of aromatic nitrogens is 2. The van der Waals surface area contributed by atoms with Crippen LogP contribution in [0.3, 0.4) is 0 Å². The molecule has 1 aromatic heterocycles. The number of hydrogen-bond acceptors (Lipinski definition) is 5. The summed E-state index contributed by atoms with van der Waals surface area (Å²) in [6, 6.07) is 16.4. The molecule has 2 N–H and O–H groups in total. The quantitative estimate of drug-likeness (QED) is 0.738. The first-order valence-electron chi connectivity index (χ1n) is 7.77. The molecule has 7 heteroatoms. The van der Waals surface area contributed by atoms with Gasteiger partial charge in [0.1, 0.15) is 11.5 Å². The lowest BCUT2D eigenvalue weighted by atomic mass is 10.2. The van der Waals surface area contributed by atoms with Gasteiger partial charge in [0.15, 0.2) is 0 Å². The van der Waals surface area contributed by atoms with Crippen LogP contribution in [0.1, 0.15) is 21.6 Å². The first-order chi connectivity index (χ1) is 12.7. The van der Waals surface area contributed by atoms with Crippen LogP contribution < -0.4 is 10.6 Å². The van der Waals surface area contributed by atoms with Gasteiger partial charge in [-0.2, -0.15) is 5.26 Å².